The molecule has 1 fully saturated rings. The quantitative estimate of drug-likeness (QED) is 0.502. The van der Waals surface area contributed by atoms with Crippen LogP contribution in [-0.4, -0.2) is 64.8 Å². The zero-order chi connectivity index (χ0) is 26.0. The van der Waals surface area contributed by atoms with Crippen molar-refractivity contribution in [3.63, 3.8) is 0 Å². The first-order valence-corrected chi connectivity index (χ1v) is 12.0. The second-order valence-corrected chi connectivity index (χ2v) is 8.77. The van der Waals surface area contributed by atoms with Gasteiger partial charge in [0.05, 0.1) is 0 Å². The lowest BCUT2D eigenvalue weighted by Gasteiger charge is -2.28. The number of likely N-dealkylation sites (tertiary alicyclic amines) is 1. The van der Waals surface area contributed by atoms with Crippen LogP contribution < -0.4 is 10.2 Å². The number of anilines is 3. The van der Waals surface area contributed by atoms with E-state index in [1.807, 2.05) is 6.92 Å². The van der Waals surface area contributed by atoms with Crippen LogP contribution in [0, 0.1) is 20.8 Å². The SMILES string of the molecule is CCN(CCCN1CCCCC1)c1cc(C)nc(Nc2cc(C)ccc2C)n1.O=C(O)C(F)(F)F. The van der Waals surface area contributed by atoms with Crippen molar-refractivity contribution >= 4 is 23.4 Å². The van der Waals surface area contributed by atoms with Crippen LogP contribution in [0.2, 0.25) is 0 Å². The first kappa shape index (κ1) is 28.4. The van der Waals surface area contributed by atoms with E-state index < -0.39 is 12.1 Å². The summed E-state index contributed by atoms with van der Waals surface area (Å²) in [6, 6.07) is 8.51. The van der Waals surface area contributed by atoms with Crippen molar-refractivity contribution < 1.29 is 23.1 Å². The summed E-state index contributed by atoms with van der Waals surface area (Å²) in [5.41, 5.74) is 4.50. The Hall–Kier alpha value is -2.88. The number of aryl methyl sites for hydroxylation is 3. The number of halogens is 3. The van der Waals surface area contributed by atoms with Gasteiger partial charge in [-0.1, -0.05) is 18.6 Å². The number of rotatable bonds is 8. The van der Waals surface area contributed by atoms with Crippen LogP contribution in [0.25, 0.3) is 0 Å². The van der Waals surface area contributed by atoms with Gasteiger partial charge in [0.25, 0.3) is 0 Å². The Balaban J connectivity index is 0.000000540. The minimum absolute atomic E-state index is 0.679. The molecule has 0 unspecified atom stereocenters. The molecule has 3 rings (SSSR count). The van der Waals surface area contributed by atoms with Crippen LogP contribution in [0.5, 0.6) is 0 Å². The zero-order valence-electron chi connectivity index (χ0n) is 21.0. The summed E-state index contributed by atoms with van der Waals surface area (Å²) in [4.78, 5) is 23.3. The van der Waals surface area contributed by atoms with Gasteiger partial charge in [-0.05, 0) is 83.8 Å². The first-order chi connectivity index (χ1) is 16.5. The molecule has 0 spiro atoms. The molecule has 1 aromatic heterocycles. The largest absolute Gasteiger partial charge is 0.490 e. The van der Waals surface area contributed by atoms with Crippen LogP contribution in [-0.2, 0) is 4.79 Å². The van der Waals surface area contributed by atoms with E-state index in [1.54, 1.807) is 0 Å². The number of aliphatic carboxylic acids is 1. The van der Waals surface area contributed by atoms with Crippen molar-refractivity contribution in [3.05, 3.63) is 41.1 Å². The molecule has 1 aliphatic rings. The van der Waals surface area contributed by atoms with Crippen LogP contribution >= 0.6 is 0 Å². The van der Waals surface area contributed by atoms with Gasteiger partial charge in [0.15, 0.2) is 0 Å². The molecule has 0 bridgehead atoms. The maximum absolute atomic E-state index is 10.6. The van der Waals surface area contributed by atoms with Gasteiger partial charge in [0.1, 0.15) is 5.82 Å². The molecule has 35 heavy (non-hydrogen) atoms. The molecule has 1 aliphatic heterocycles. The molecule has 1 aromatic carbocycles. The summed E-state index contributed by atoms with van der Waals surface area (Å²) >= 11 is 0. The molecule has 0 aliphatic carbocycles. The minimum Gasteiger partial charge on any atom is -0.475 e. The molecule has 0 saturated carbocycles. The van der Waals surface area contributed by atoms with Gasteiger partial charge < -0.3 is 20.2 Å². The monoisotopic (exact) mass is 495 g/mol. The Labute approximate surface area is 205 Å². The van der Waals surface area contributed by atoms with Gasteiger partial charge in [-0.15, -0.1) is 0 Å². The predicted octanol–water partition coefficient (Wildman–Crippen LogP) is 5.48. The topological polar surface area (TPSA) is 81.6 Å². The van der Waals surface area contributed by atoms with Crippen LogP contribution in [0.15, 0.2) is 24.3 Å². The highest BCUT2D eigenvalue weighted by Crippen LogP contribution is 2.22. The van der Waals surface area contributed by atoms with Crippen molar-refractivity contribution in [3.8, 4) is 0 Å². The molecule has 2 aromatic rings. The van der Waals surface area contributed by atoms with E-state index in [2.05, 4.69) is 65.1 Å². The molecule has 7 nitrogen and oxygen atoms in total. The number of nitrogens with one attached hydrogen (secondary N) is 1. The fourth-order valence-electron chi connectivity index (χ4n) is 3.86. The number of hydrogen-bond donors (Lipinski definition) is 2. The van der Waals surface area contributed by atoms with E-state index in [0.29, 0.717) is 5.95 Å². The summed E-state index contributed by atoms with van der Waals surface area (Å²) in [6.45, 7) is 14.2. The number of alkyl halides is 3. The maximum atomic E-state index is 10.6. The van der Waals surface area contributed by atoms with Gasteiger partial charge in [0, 0.05) is 30.5 Å². The summed E-state index contributed by atoms with van der Waals surface area (Å²) in [5, 5.41) is 10.5. The van der Waals surface area contributed by atoms with Gasteiger partial charge in [-0.25, -0.2) is 9.78 Å². The summed E-state index contributed by atoms with van der Waals surface area (Å²) < 4.78 is 31.7. The molecule has 194 valence electrons. The third-order valence-corrected chi connectivity index (χ3v) is 5.78. The van der Waals surface area contributed by atoms with E-state index in [0.717, 1.165) is 30.3 Å². The molecule has 2 heterocycles. The van der Waals surface area contributed by atoms with Crippen molar-refractivity contribution in [2.24, 2.45) is 0 Å². The average Bonchev–Trinajstić information content (AvgIpc) is 2.79. The number of aromatic nitrogens is 2. The Morgan fingerprint density at radius 1 is 1.11 bits per heavy atom. The second kappa shape index (κ2) is 13.3. The van der Waals surface area contributed by atoms with Crippen LogP contribution in [0.4, 0.5) is 30.6 Å². The standard InChI is InChI=1S/C23H35N5.C2HF3O2/c1-5-28(15-9-14-27-12-7-6-8-13-27)22-17-20(4)24-23(26-22)25-21-16-18(2)10-11-19(21)3;3-2(4,5)1(6)7/h10-11,16-17H,5-9,12-15H2,1-4H3,(H,24,25,26);(H,6,7). The molecule has 2 N–H and O–H groups in total. The van der Waals surface area contributed by atoms with Gasteiger partial charge in [0.2, 0.25) is 5.95 Å². The highest BCUT2D eigenvalue weighted by molar-refractivity contribution is 5.73. The van der Waals surface area contributed by atoms with Crippen molar-refractivity contribution in [2.45, 2.75) is 59.6 Å². The fourth-order valence-corrected chi connectivity index (χ4v) is 3.86. The highest BCUT2D eigenvalue weighted by Gasteiger charge is 2.38. The lowest BCUT2D eigenvalue weighted by atomic mass is 10.1. The lowest BCUT2D eigenvalue weighted by Crippen LogP contribution is -2.33. The second-order valence-electron chi connectivity index (χ2n) is 8.77. The van der Waals surface area contributed by atoms with Crippen LogP contribution in [0.3, 0.4) is 0 Å². The third kappa shape index (κ3) is 9.71. The summed E-state index contributed by atoms with van der Waals surface area (Å²) in [7, 11) is 0. The number of carboxylic acids is 1. The number of hydrogen-bond acceptors (Lipinski definition) is 6. The van der Waals surface area contributed by atoms with Crippen molar-refractivity contribution in [1.29, 1.82) is 0 Å². The van der Waals surface area contributed by atoms with E-state index in [-0.39, 0.29) is 0 Å². The molecule has 0 atom stereocenters. The number of carboxylic acid groups (broad SMARTS) is 1. The zero-order valence-corrected chi connectivity index (χ0v) is 21.0. The van der Waals surface area contributed by atoms with E-state index in [4.69, 9.17) is 14.9 Å². The van der Waals surface area contributed by atoms with Crippen LogP contribution in [0.1, 0.15) is 49.4 Å². The predicted molar refractivity (Wildman–Crippen MR) is 132 cm³/mol. The number of nitrogens with zero attached hydrogens (tertiary/aromatic N) is 4. The van der Waals surface area contributed by atoms with E-state index in [1.165, 1.54) is 56.4 Å². The molecular weight excluding hydrogens is 459 g/mol. The molecule has 10 heteroatoms. The average molecular weight is 496 g/mol. The van der Waals surface area contributed by atoms with E-state index >= 15 is 0 Å². The highest BCUT2D eigenvalue weighted by atomic mass is 19.4. The third-order valence-electron chi connectivity index (χ3n) is 5.78. The molecule has 1 saturated heterocycles. The Morgan fingerprint density at radius 2 is 1.77 bits per heavy atom. The minimum atomic E-state index is -5.08. The normalized spacial score (nSPS) is 14.1. The fraction of sp³-hybridized carbons (Fsp3) is 0.560. The molecular formula is C25H36F3N5O2. The maximum Gasteiger partial charge on any atom is 0.490 e. The molecule has 0 radical (unpaired) electrons. The smallest absolute Gasteiger partial charge is 0.475 e. The number of piperidine rings is 1. The van der Waals surface area contributed by atoms with E-state index in [9.17, 15) is 13.2 Å². The van der Waals surface area contributed by atoms with Gasteiger partial charge in [-0.2, -0.15) is 18.2 Å². The van der Waals surface area contributed by atoms with Crippen molar-refractivity contribution in [1.82, 2.24) is 14.9 Å². The first-order valence-electron chi connectivity index (χ1n) is 12.0. The number of benzene rings is 1. The van der Waals surface area contributed by atoms with Gasteiger partial charge in [-0.3, -0.25) is 0 Å². The summed E-state index contributed by atoms with van der Waals surface area (Å²) in [5.74, 6) is -1.06. The lowest BCUT2D eigenvalue weighted by molar-refractivity contribution is -0.192. The Bertz CT molecular complexity index is 963. The summed E-state index contributed by atoms with van der Waals surface area (Å²) in [6.07, 6.45) is 0.205. The Kier molecular flexibility index (Phi) is 10.8. The molecule has 0 amide bonds. The van der Waals surface area contributed by atoms with Gasteiger partial charge >= 0.3 is 12.1 Å². The van der Waals surface area contributed by atoms with Crippen molar-refractivity contribution in [2.75, 3.05) is 42.9 Å². The number of carbonyl (C=O) groups is 1. The Morgan fingerprint density at radius 3 is 2.37 bits per heavy atom.